The summed E-state index contributed by atoms with van der Waals surface area (Å²) in [5, 5.41) is 7.16. The topological polar surface area (TPSA) is 162 Å². The summed E-state index contributed by atoms with van der Waals surface area (Å²) in [6.45, 7) is 5.04. The zero-order valence-electron chi connectivity index (χ0n) is 21.9. The second kappa shape index (κ2) is 10.5. The van der Waals surface area contributed by atoms with Crippen LogP contribution in [0.4, 0.5) is 11.6 Å². The first kappa shape index (κ1) is 27.0. The lowest BCUT2D eigenvalue weighted by molar-refractivity contribution is -0.139. The number of aryl methyl sites for hydroxylation is 1. The van der Waals surface area contributed by atoms with Crippen molar-refractivity contribution in [3.63, 3.8) is 0 Å². The Balaban J connectivity index is 1.48. The molecule has 2 aromatic carbocycles. The van der Waals surface area contributed by atoms with Crippen molar-refractivity contribution in [2.24, 2.45) is 4.99 Å². The number of nitrogens with zero attached hydrogens (tertiary/aromatic N) is 4. The van der Waals surface area contributed by atoms with Gasteiger partial charge in [-0.25, -0.2) is 18.1 Å². The minimum Gasteiger partial charge on any atom is -0.469 e. The van der Waals surface area contributed by atoms with Crippen LogP contribution in [0.1, 0.15) is 29.4 Å². The van der Waals surface area contributed by atoms with Gasteiger partial charge in [-0.2, -0.15) is 4.68 Å². The number of carbonyl (C=O) groups is 1. The number of aromatic amines is 1. The monoisotopic (exact) mass is 580 g/mol. The summed E-state index contributed by atoms with van der Waals surface area (Å²) in [6, 6.07) is 13.3. The van der Waals surface area contributed by atoms with Gasteiger partial charge >= 0.3 is 5.97 Å². The number of carbonyl (C=O) groups excluding carboxylic acids is 1. The van der Waals surface area contributed by atoms with E-state index in [4.69, 9.17) is 9.26 Å². The van der Waals surface area contributed by atoms with Gasteiger partial charge in [-0.15, -0.1) is 0 Å². The number of H-pyrrole nitrogens is 1. The number of hydrogen-bond acceptors (Lipinski definition) is 10. The molecule has 5 aromatic rings. The molecule has 3 aromatic heterocycles. The number of aliphatic imine (C=N–C) groups is 1. The average molecular weight is 581 g/mol. The van der Waals surface area contributed by atoms with Crippen LogP contribution in [0, 0.1) is 13.8 Å². The molecule has 0 bridgehead atoms. The highest BCUT2D eigenvalue weighted by Crippen LogP contribution is 2.25. The van der Waals surface area contributed by atoms with Gasteiger partial charge in [0, 0.05) is 5.56 Å². The maximum atomic E-state index is 13.5. The quantitative estimate of drug-likeness (QED) is 0.205. The molecule has 0 fully saturated rings. The molecule has 0 atom stereocenters. The maximum absolute atomic E-state index is 13.5. The molecule has 5 rings (SSSR count). The number of methoxy groups -OCH3 is 1. The number of nitrogens with one attached hydrogen (secondary N) is 2. The molecule has 12 nitrogen and oxygen atoms in total. The van der Waals surface area contributed by atoms with Crippen LogP contribution in [0.3, 0.4) is 0 Å². The Morgan fingerprint density at radius 1 is 1.18 bits per heavy atom. The van der Waals surface area contributed by atoms with Gasteiger partial charge in [0.1, 0.15) is 0 Å². The molecule has 2 N–H and O–H groups in total. The number of para-hydroxylation sites is 1. The molecule has 0 saturated heterocycles. The maximum Gasteiger partial charge on any atom is 0.311 e. The van der Waals surface area contributed by atoms with Crippen molar-refractivity contribution < 1.29 is 22.5 Å². The Bertz CT molecular complexity index is 1900. The summed E-state index contributed by atoms with van der Waals surface area (Å²) in [6.07, 6.45) is -0.185. The molecule has 0 aliphatic carbocycles. The van der Waals surface area contributed by atoms with Crippen molar-refractivity contribution in [2.45, 2.75) is 32.1 Å². The van der Waals surface area contributed by atoms with E-state index in [0.29, 0.717) is 33.5 Å². The van der Waals surface area contributed by atoms with Crippen LogP contribution in [0.25, 0.3) is 15.3 Å². The fourth-order valence-electron chi connectivity index (χ4n) is 3.93. The molecule has 0 spiro atoms. The number of hydrogen-bond donors (Lipinski definition) is 2. The van der Waals surface area contributed by atoms with E-state index < -0.39 is 21.6 Å². The average Bonchev–Trinajstić information content (AvgIpc) is 3.59. The predicted octanol–water partition coefficient (Wildman–Crippen LogP) is 4.04. The molecule has 0 unspecified atom stereocenters. The van der Waals surface area contributed by atoms with Gasteiger partial charge in [-0.1, -0.05) is 28.6 Å². The number of anilines is 1. The van der Waals surface area contributed by atoms with Crippen molar-refractivity contribution in [3.05, 3.63) is 81.4 Å². The molecule has 0 aliphatic heterocycles. The molecule has 0 radical (unpaired) electrons. The van der Waals surface area contributed by atoms with E-state index in [0.717, 1.165) is 10.2 Å². The second-order valence-corrected chi connectivity index (χ2v) is 11.5. The summed E-state index contributed by atoms with van der Waals surface area (Å²) in [5.74, 6) is -0.489. The molecule has 3 heterocycles. The standard InChI is InChI=1S/C26H24N6O6S2/c1-14-15(2)30-38-24(14)31-40(35,36)18-11-9-17(10-12-18)27-16(3)23-20(13-22(33)37-4)29-32(25(23)34)26-28-19-7-5-6-8-21(19)39-26/h5-12,29,31H,13H2,1-4H3. The van der Waals surface area contributed by atoms with Gasteiger partial charge < -0.3 is 9.26 Å². The fourth-order valence-corrected chi connectivity index (χ4v) is 5.90. The first-order valence-corrected chi connectivity index (χ1v) is 14.3. The molecule has 0 amide bonds. The molecule has 0 aliphatic rings. The zero-order chi connectivity index (χ0) is 28.6. The van der Waals surface area contributed by atoms with Crippen LogP contribution < -0.4 is 10.3 Å². The number of thiazole rings is 1. The highest BCUT2D eigenvalue weighted by Gasteiger charge is 2.23. The lowest BCUT2D eigenvalue weighted by Crippen LogP contribution is -2.20. The lowest BCUT2D eigenvalue weighted by Gasteiger charge is -2.06. The van der Waals surface area contributed by atoms with Crippen LogP contribution in [0.2, 0.25) is 0 Å². The summed E-state index contributed by atoms with van der Waals surface area (Å²) in [5.41, 5.74) is 2.71. The second-order valence-electron chi connectivity index (χ2n) is 8.84. The number of sulfonamides is 1. The number of aromatic nitrogens is 4. The molecular weight excluding hydrogens is 556 g/mol. The summed E-state index contributed by atoms with van der Waals surface area (Å²) < 4.78 is 40.1. The van der Waals surface area contributed by atoms with Crippen molar-refractivity contribution in [1.82, 2.24) is 19.9 Å². The van der Waals surface area contributed by atoms with E-state index >= 15 is 0 Å². The smallest absolute Gasteiger partial charge is 0.311 e. The summed E-state index contributed by atoms with van der Waals surface area (Å²) in [7, 11) is -2.67. The minimum absolute atomic E-state index is 0.0104. The van der Waals surface area contributed by atoms with E-state index in [-0.39, 0.29) is 22.8 Å². The van der Waals surface area contributed by atoms with Crippen molar-refractivity contribution in [3.8, 4) is 5.13 Å². The number of ether oxygens (including phenoxy) is 1. The SMILES string of the molecule is COC(=O)Cc1[nH]n(-c2nc3ccccc3s2)c(=O)c1C(C)=Nc1ccc(S(=O)(=O)Nc2onc(C)c2C)cc1. The van der Waals surface area contributed by atoms with Crippen molar-refractivity contribution >= 4 is 54.8 Å². The molecule has 40 heavy (non-hydrogen) atoms. The van der Waals surface area contributed by atoms with E-state index in [1.54, 1.807) is 20.8 Å². The van der Waals surface area contributed by atoms with E-state index in [1.807, 2.05) is 24.3 Å². The highest BCUT2D eigenvalue weighted by molar-refractivity contribution is 7.92. The van der Waals surface area contributed by atoms with E-state index in [1.165, 1.54) is 47.4 Å². The number of rotatable bonds is 8. The Morgan fingerprint density at radius 3 is 2.55 bits per heavy atom. The lowest BCUT2D eigenvalue weighted by atomic mass is 10.1. The van der Waals surface area contributed by atoms with Crippen LogP contribution in [-0.4, -0.2) is 47.1 Å². The highest BCUT2D eigenvalue weighted by atomic mass is 32.2. The molecular formula is C26H24N6O6S2. The van der Waals surface area contributed by atoms with Crippen LogP contribution in [0.15, 0.2) is 67.7 Å². The summed E-state index contributed by atoms with van der Waals surface area (Å²) >= 11 is 1.32. The Morgan fingerprint density at radius 2 is 1.90 bits per heavy atom. The van der Waals surface area contributed by atoms with Gasteiger partial charge in [0.25, 0.3) is 15.6 Å². The molecule has 14 heteroatoms. The predicted molar refractivity (Wildman–Crippen MR) is 150 cm³/mol. The van der Waals surface area contributed by atoms with Gasteiger partial charge in [-0.3, -0.25) is 19.7 Å². The molecule has 0 saturated carbocycles. The third kappa shape index (κ3) is 5.18. The Hall–Kier alpha value is -4.56. The van der Waals surface area contributed by atoms with Crippen LogP contribution in [-0.2, 0) is 26.0 Å². The number of fused-ring (bicyclic) bond motifs is 1. The van der Waals surface area contributed by atoms with Crippen molar-refractivity contribution in [1.29, 1.82) is 0 Å². The third-order valence-corrected chi connectivity index (χ3v) is 8.55. The Kier molecular flexibility index (Phi) is 7.12. The molecule has 206 valence electrons. The van der Waals surface area contributed by atoms with Gasteiger partial charge in [0.05, 0.1) is 57.0 Å². The largest absolute Gasteiger partial charge is 0.469 e. The first-order valence-electron chi connectivity index (χ1n) is 12.0. The first-order chi connectivity index (χ1) is 19.1. The zero-order valence-corrected chi connectivity index (χ0v) is 23.5. The number of esters is 1. The Labute approximate surface area is 232 Å². The summed E-state index contributed by atoms with van der Waals surface area (Å²) in [4.78, 5) is 34.7. The fraction of sp³-hybridized carbons (Fsp3) is 0.192. The van der Waals surface area contributed by atoms with Crippen molar-refractivity contribution in [2.75, 3.05) is 11.8 Å². The van der Waals surface area contributed by atoms with Crippen LogP contribution in [0.5, 0.6) is 0 Å². The normalized spacial score (nSPS) is 12.2. The van der Waals surface area contributed by atoms with Gasteiger partial charge in [-0.05, 0) is 57.2 Å². The van der Waals surface area contributed by atoms with Crippen LogP contribution >= 0.6 is 11.3 Å². The number of benzene rings is 2. The van der Waals surface area contributed by atoms with E-state index in [2.05, 4.69) is 25.0 Å². The van der Waals surface area contributed by atoms with Gasteiger partial charge in [0.15, 0.2) is 0 Å². The van der Waals surface area contributed by atoms with Gasteiger partial charge in [0.2, 0.25) is 11.0 Å². The third-order valence-electron chi connectivity index (χ3n) is 6.18. The van der Waals surface area contributed by atoms with E-state index in [9.17, 15) is 18.0 Å². The minimum atomic E-state index is -3.94.